The van der Waals surface area contributed by atoms with Gasteiger partial charge in [-0.05, 0) is 31.0 Å². The van der Waals surface area contributed by atoms with Gasteiger partial charge in [-0.3, -0.25) is 0 Å². The molecule has 2 amide bonds. The van der Waals surface area contributed by atoms with E-state index >= 15 is 0 Å². The van der Waals surface area contributed by atoms with E-state index in [1.165, 1.54) is 12.8 Å². The van der Waals surface area contributed by atoms with E-state index in [2.05, 4.69) is 22.5 Å². The van der Waals surface area contributed by atoms with E-state index in [0.29, 0.717) is 22.3 Å². The van der Waals surface area contributed by atoms with E-state index in [9.17, 15) is 4.79 Å². The van der Waals surface area contributed by atoms with E-state index in [4.69, 9.17) is 17.3 Å². The van der Waals surface area contributed by atoms with Crippen molar-refractivity contribution in [2.45, 2.75) is 31.7 Å². The van der Waals surface area contributed by atoms with Crippen LogP contribution in [-0.2, 0) is 0 Å². The number of carbonyl (C=O) groups excluding carboxylic acids is 1. The van der Waals surface area contributed by atoms with Crippen molar-refractivity contribution in [3.05, 3.63) is 28.8 Å². The van der Waals surface area contributed by atoms with Crippen LogP contribution < -0.4 is 16.4 Å². The molecular weight excluding hydrogens is 274 g/mol. The summed E-state index contributed by atoms with van der Waals surface area (Å²) in [6, 6.07) is 5.33. The highest BCUT2D eigenvalue weighted by Gasteiger charge is 2.17. The first-order valence-corrected chi connectivity index (χ1v) is 7.13. The van der Waals surface area contributed by atoms with Gasteiger partial charge < -0.3 is 16.4 Å². The summed E-state index contributed by atoms with van der Waals surface area (Å²) in [4.78, 5) is 11.9. The van der Waals surface area contributed by atoms with Gasteiger partial charge in [-0.25, -0.2) is 4.79 Å². The number of hydrogen-bond acceptors (Lipinski definition) is 2. The van der Waals surface area contributed by atoms with Gasteiger partial charge in [-0.15, -0.1) is 0 Å². The Morgan fingerprint density at radius 3 is 2.85 bits per heavy atom. The van der Waals surface area contributed by atoms with Crippen molar-refractivity contribution in [2.75, 3.05) is 11.9 Å². The molecule has 1 aliphatic rings. The minimum atomic E-state index is -0.183. The Morgan fingerprint density at radius 2 is 2.15 bits per heavy atom. The van der Waals surface area contributed by atoms with Gasteiger partial charge >= 0.3 is 6.03 Å². The fourth-order valence-corrected chi connectivity index (χ4v) is 2.43. The first kappa shape index (κ1) is 14.7. The van der Waals surface area contributed by atoms with Gasteiger partial charge in [0.05, 0.1) is 11.6 Å². The van der Waals surface area contributed by atoms with Crippen molar-refractivity contribution < 1.29 is 4.79 Å². The number of benzene rings is 1. The minimum absolute atomic E-state index is 0.183. The van der Waals surface area contributed by atoms with Crippen LogP contribution in [0.25, 0.3) is 0 Å². The lowest BCUT2D eigenvalue weighted by Gasteiger charge is -2.13. The summed E-state index contributed by atoms with van der Waals surface area (Å²) in [6.45, 7) is 0.274. The Morgan fingerprint density at radius 1 is 1.40 bits per heavy atom. The number of anilines is 1. The number of hydrogen-bond donors (Lipinski definition) is 3. The quantitative estimate of drug-likeness (QED) is 0.734. The predicted molar refractivity (Wildman–Crippen MR) is 81.8 cm³/mol. The maximum Gasteiger partial charge on any atom is 0.319 e. The van der Waals surface area contributed by atoms with E-state index in [-0.39, 0.29) is 12.6 Å². The molecule has 0 aliphatic heterocycles. The lowest BCUT2D eigenvalue weighted by Crippen LogP contribution is -2.36. The summed E-state index contributed by atoms with van der Waals surface area (Å²) in [7, 11) is 0. The first-order valence-electron chi connectivity index (χ1n) is 6.75. The summed E-state index contributed by atoms with van der Waals surface area (Å²) < 4.78 is 0. The number of urea groups is 1. The third-order valence-electron chi connectivity index (χ3n) is 3.24. The zero-order valence-electron chi connectivity index (χ0n) is 11.2. The molecule has 1 aliphatic carbocycles. The van der Waals surface area contributed by atoms with Crippen molar-refractivity contribution in [2.24, 2.45) is 5.73 Å². The highest BCUT2D eigenvalue weighted by Crippen LogP contribution is 2.20. The molecule has 0 unspecified atom stereocenters. The summed E-state index contributed by atoms with van der Waals surface area (Å²) in [6.07, 6.45) is 4.48. The van der Waals surface area contributed by atoms with Crippen LogP contribution in [0.2, 0.25) is 5.02 Å². The number of nitrogens with two attached hydrogens (primary N) is 1. The molecular formula is C15H18ClN3O. The highest BCUT2D eigenvalue weighted by molar-refractivity contribution is 6.31. The van der Waals surface area contributed by atoms with Gasteiger partial charge in [0.1, 0.15) is 0 Å². The Bertz CT molecular complexity index is 542. The molecule has 0 aromatic heterocycles. The Hall–Kier alpha value is -1.70. The van der Waals surface area contributed by atoms with Crippen LogP contribution in [0.3, 0.4) is 0 Å². The minimum Gasteiger partial charge on any atom is -0.335 e. The average molecular weight is 292 g/mol. The van der Waals surface area contributed by atoms with Crippen LogP contribution >= 0.6 is 11.6 Å². The van der Waals surface area contributed by atoms with Gasteiger partial charge in [0, 0.05) is 17.3 Å². The van der Waals surface area contributed by atoms with Crippen LogP contribution in [0.15, 0.2) is 18.2 Å². The molecule has 106 valence electrons. The van der Waals surface area contributed by atoms with Gasteiger partial charge in [0.25, 0.3) is 0 Å². The average Bonchev–Trinajstić information content (AvgIpc) is 2.92. The molecule has 1 fully saturated rings. The van der Waals surface area contributed by atoms with Crippen LogP contribution in [0.1, 0.15) is 31.2 Å². The van der Waals surface area contributed by atoms with Crippen LogP contribution in [-0.4, -0.2) is 18.6 Å². The van der Waals surface area contributed by atoms with Gasteiger partial charge in [0.15, 0.2) is 0 Å². The van der Waals surface area contributed by atoms with Crippen molar-refractivity contribution in [3.8, 4) is 11.8 Å². The Kier molecular flexibility index (Phi) is 5.28. The first-order chi connectivity index (χ1) is 9.69. The Labute approximate surface area is 124 Å². The normalized spacial score (nSPS) is 14.5. The zero-order chi connectivity index (χ0) is 14.4. The summed E-state index contributed by atoms with van der Waals surface area (Å²) in [5.74, 6) is 5.63. The van der Waals surface area contributed by atoms with Crippen LogP contribution in [0, 0.1) is 11.8 Å². The number of rotatable bonds is 2. The van der Waals surface area contributed by atoms with E-state index in [1.807, 2.05) is 0 Å². The third-order valence-corrected chi connectivity index (χ3v) is 3.57. The molecule has 0 heterocycles. The van der Waals surface area contributed by atoms with E-state index in [1.54, 1.807) is 18.2 Å². The van der Waals surface area contributed by atoms with E-state index in [0.717, 1.165) is 12.8 Å². The van der Waals surface area contributed by atoms with Crippen LogP contribution in [0.5, 0.6) is 0 Å². The van der Waals surface area contributed by atoms with Gasteiger partial charge in [-0.1, -0.05) is 36.3 Å². The third kappa shape index (κ3) is 4.16. The molecule has 20 heavy (non-hydrogen) atoms. The summed E-state index contributed by atoms with van der Waals surface area (Å²) in [5.41, 5.74) is 6.68. The molecule has 0 radical (unpaired) electrons. The number of carbonyl (C=O) groups is 1. The van der Waals surface area contributed by atoms with Crippen LogP contribution in [0.4, 0.5) is 10.5 Å². The molecule has 0 spiro atoms. The lowest BCUT2D eigenvalue weighted by atomic mass is 10.2. The molecule has 2 rings (SSSR count). The molecule has 1 saturated carbocycles. The number of amides is 2. The molecule has 0 atom stereocenters. The van der Waals surface area contributed by atoms with Crippen molar-refractivity contribution in [1.82, 2.24) is 5.32 Å². The predicted octanol–water partition coefficient (Wildman–Crippen LogP) is 2.71. The Balaban J connectivity index is 1.99. The molecule has 0 bridgehead atoms. The molecule has 5 heteroatoms. The van der Waals surface area contributed by atoms with E-state index < -0.39 is 0 Å². The monoisotopic (exact) mass is 291 g/mol. The molecule has 1 aromatic rings. The van der Waals surface area contributed by atoms with Crippen molar-refractivity contribution in [3.63, 3.8) is 0 Å². The SMILES string of the molecule is NCC#Cc1cc(NC(=O)NC2CCCC2)ccc1Cl. The van der Waals surface area contributed by atoms with Gasteiger partial charge in [-0.2, -0.15) is 0 Å². The fourth-order valence-electron chi connectivity index (χ4n) is 2.27. The maximum absolute atomic E-state index is 11.9. The largest absolute Gasteiger partial charge is 0.335 e. The standard InChI is InChI=1S/C15H18ClN3O/c16-14-8-7-13(10-11(14)4-3-9-17)19-15(20)18-12-5-1-2-6-12/h7-8,10,12H,1-2,5-6,9,17H2,(H2,18,19,20). The second-order valence-corrected chi connectivity index (χ2v) is 5.19. The zero-order valence-corrected chi connectivity index (χ0v) is 12.0. The fraction of sp³-hybridized carbons (Fsp3) is 0.400. The smallest absolute Gasteiger partial charge is 0.319 e. The van der Waals surface area contributed by atoms with Crippen molar-refractivity contribution >= 4 is 23.3 Å². The lowest BCUT2D eigenvalue weighted by molar-refractivity contribution is 0.248. The summed E-state index contributed by atoms with van der Waals surface area (Å²) in [5, 5.41) is 6.32. The molecule has 0 saturated heterocycles. The second kappa shape index (κ2) is 7.18. The maximum atomic E-state index is 11.9. The highest BCUT2D eigenvalue weighted by atomic mass is 35.5. The molecule has 1 aromatic carbocycles. The molecule has 4 N–H and O–H groups in total. The number of halogens is 1. The topological polar surface area (TPSA) is 67.1 Å². The molecule has 4 nitrogen and oxygen atoms in total. The van der Waals surface area contributed by atoms with Gasteiger partial charge in [0.2, 0.25) is 0 Å². The van der Waals surface area contributed by atoms with Crippen molar-refractivity contribution in [1.29, 1.82) is 0 Å². The number of nitrogens with one attached hydrogen (secondary N) is 2. The summed E-state index contributed by atoms with van der Waals surface area (Å²) >= 11 is 6.03. The second-order valence-electron chi connectivity index (χ2n) is 4.78.